The van der Waals surface area contributed by atoms with Gasteiger partial charge < -0.3 is 0 Å². The second-order valence-corrected chi connectivity index (χ2v) is 5.93. The maximum Gasteiger partial charge on any atom is 0.0242 e. The summed E-state index contributed by atoms with van der Waals surface area (Å²) in [5, 5.41) is 0. The SMILES string of the molecule is C#Cc1ccc(C)cc1.CCc1ccc(-c2ccc(C)cc2)cc1. The maximum absolute atomic E-state index is 5.15. The van der Waals surface area contributed by atoms with E-state index in [4.69, 9.17) is 6.42 Å². The molecule has 0 fully saturated rings. The fraction of sp³-hybridized carbons (Fsp3) is 0.167. The molecule has 0 amide bonds. The summed E-state index contributed by atoms with van der Waals surface area (Å²) in [4.78, 5) is 0. The molecule has 0 aliphatic rings. The van der Waals surface area contributed by atoms with Crippen molar-refractivity contribution in [2.75, 3.05) is 0 Å². The van der Waals surface area contributed by atoms with Crippen LogP contribution in [-0.2, 0) is 6.42 Å². The van der Waals surface area contributed by atoms with Crippen LogP contribution in [0.4, 0.5) is 0 Å². The number of hydrogen-bond donors (Lipinski definition) is 0. The summed E-state index contributed by atoms with van der Waals surface area (Å²) in [5.41, 5.74) is 7.49. The van der Waals surface area contributed by atoms with Crippen molar-refractivity contribution < 1.29 is 0 Å². The van der Waals surface area contributed by atoms with Crippen molar-refractivity contribution in [3.05, 3.63) is 95.1 Å². The van der Waals surface area contributed by atoms with Crippen LogP contribution >= 0.6 is 0 Å². The van der Waals surface area contributed by atoms with E-state index in [1.165, 1.54) is 27.8 Å². The highest BCUT2D eigenvalue weighted by atomic mass is 14.0. The second-order valence-electron chi connectivity index (χ2n) is 5.93. The summed E-state index contributed by atoms with van der Waals surface area (Å²) in [6.45, 7) is 6.34. The van der Waals surface area contributed by atoms with Gasteiger partial charge in [0.2, 0.25) is 0 Å². The van der Waals surface area contributed by atoms with Crippen LogP contribution in [0.5, 0.6) is 0 Å². The molecule has 0 atom stereocenters. The van der Waals surface area contributed by atoms with Gasteiger partial charge >= 0.3 is 0 Å². The van der Waals surface area contributed by atoms with Crippen LogP contribution in [0.1, 0.15) is 29.2 Å². The van der Waals surface area contributed by atoms with Crippen molar-refractivity contribution in [2.24, 2.45) is 0 Å². The van der Waals surface area contributed by atoms with Crippen molar-refractivity contribution in [1.82, 2.24) is 0 Å². The monoisotopic (exact) mass is 312 g/mol. The van der Waals surface area contributed by atoms with Crippen molar-refractivity contribution in [3.63, 3.8) is 0 Å². The predicted molar refractivity (Wildman–Crippen MR) is 105 cm³/mol. The normalized spacial score (nSPS) is 9.58. The molecule has 0 aromatic heterocycles. The molecule has 0 spiro atoms. The molecule has 24 heavy (non-hydrogen) atoms. The standard InChI is InChI=1S/C15H16.C9H8/c1-3-13-6-10-15(11-7-13)14-8-4-12(2)5-9-14;1-3-9-6-4-8(2)5-7-9/h4-11H,3H2,1-2H3;1,4-7H,2H3. The zero-order chi connectivity index (χ0) is 17.4. The van der Waals surface area contributed by atoms with E-state index in [1.54, 1.807) is 0 Å². The number of aryl methyl sites for hydroxylation is 3. The smallest absolute Gasteiger partial charge is 0.0242 e. The van der Waals surface area contributed by atoms with Crippen LogP contribution in [0.3, 0.4) is 0 Å². The van der Waals surface area contributed by atoms with Crippen molar-refractivity contribution in [2.45, 2.75) is 27.2 Å². The predicted octanol–water partition coefficient (Wildman–Crippen LogP) is 6.20. The van der Waals surface area contributed by atoms with Crippen LogP contribution < -0.4 is 0 Å². The van der Waals surface area contributed by atoms with E-state index < -0.39 is 0 Å². The van der Waals surface area contributed by atoms with Gasteiger partial charge in [-0.15, -0.1) is 6.42 Å². The van der Waals surface area contributed by atoms with E-state index in [0.29, 0.717) is 0 Å². The summed E-state index contributed by atoms with van der Waals surface area (Å²) < 4.78 is 0. The third-order valence-corrected chi connectivity index (χ3v) is 3.97. The molecule has 0 nitrogen and oxygen atoms in total. The minimum absolute atomic E-state index is 0.945. The Morgan fingerprint density at radius 1 is 0.667 bits per heavy atom. The van der Waals surface area contributed by atoms with Crippen molar-refractivity contribution >= 4 is 0 Å². The highest BCUT2D eigenvalue weighted by Crippen LogP contribution is 2.20. The van der Waals surface area contributed by atoms with Crippen LogP contribution in [0.15, 0.2) is 72.8 Å². The molecule has 0 heteroatoms. The Hall–Kier alpha value is -2.78. The van der Waals surface area contributed by atoms with Crippen LogP contribution in [-0.4, -0.2) is 0 Å². The molecule has 120 valence electrons. The lowest BCUT2D eigenvalue weighted by Gasteiger charge is -2.03. The van der Waals surface area contributed by atoms with Crippen molar-refractivity contribution in [3.8, 4) is 23.5 Å². The number of hydrogen-bond acceptors (Lipinski definition) is 0. The molecule has 0 aliphatic carbocycles. The van der Waals surface area contributed by atoms with Crippen LogP contribution in [0, 0.1) is 26.2 Å². The van der Waals surface area contributed by atoms with E-state index in [9.17, 15) is 0 Å². The number of rotatable bonds is 2. The molecule has 0 saturated heterocycles. The van der Waals surface area contributed by atoms with Gasteiger partial charge in [0, 0.05) is 5.56 Å². The average Bonchev–Trinajstić information content (AvgIpc) is 2.64. The minimum atomic E-state index is 0.945. The molecule has 3 rings (SSSR count). The molecule has 0 N–H and O–H groups in total. The molecular weight excluding hydrogens is 288 g/mol. The lowest BCUT2D eigenvalue weighted by Crippen LogP contribution is -1.81. The molecule has 0 radical (unpaired) electrons. The highest BCUT2D eigenvalue weighted by Gasteiger charge is 1.96. The molecular formula is C24H24. The van der Waals surface area contributed by atoms with Gasteiger partial charge in [-0.05, 0) is 49.1 Å². The minimum Gasteiger partial charge on any atom is -0.115 e. The van der Waals surface area contributed by atoms with Crippen LogP contribution in [0.2, 0.25) is 0 Å². The Labute approximate surface area is 146 Å². The molecule has 3 aromatic carbocycles. The van der Waals surface area contributed by atoms with Gasteiger partial charge in [0.05, 0.1) is 0 Å². The molecule has 0 unspecified atom stereocenters. The summed E-state index contributed by atoms with van der Waals surface area (Å²) in [6, 6.07) is 25.4. The van der Waals surface area contributed by atoms with E-state index in [2.05, 4.69) is 68.3 Å². The quantitative estimate of drug-likeness (QED) is 0.494. The fourth-order valence-electron chi connectivity index (χ4n) is 2.33. The van der Waals surface area contributed by atoms with E-state index in [-0.39, 0.29) is 0 Å². The van der Waals surface area contributed by atoms with Gasteiger partial charge in [0.1, 0.15) is 0 Å². The summed E-state index contributed by atoms with van der Waals surface area (Å²) >= 11 is 0. The molecule has 3 aromatic rings. The Morgan fingerprint density at radius 2 is 1.08 bits per heavy atom. The molecule has 0 aliphatic heterocycles. The third kappa shape index (κ3) is 5.14. The first-order valence-corrected chi connectivity index (χ1v) is 8.31. The largest absolute Gasteiger partial charge is 0.115 e. The van der Waals surface area contributed by atoms with E-state index in [1.807, 2.05) is 31.2 Å². The van der Waals surface area contributed by atoms with Gasteiger partial charge in [-0.2, -0.15) is 0 Å². The Bertz CT molecular complexity index is 783. The van der Waals surface area contributed by atoms with E-state index in [0.717, 1.165) is 12.0 Å². The first-order valence-electron chi connectivity index (χ1n) is 8.31. The molecule has 0 heterocycles. The zero-order valence-corrected chi connectivity index (χ0v) is 14.7. The Morgan fingerprint density at radius 3 is 1.50 bits per heavy atom. The van der Waals surface area contributed by atoms with Gasteiger partial charge in [-0.25, -0.2) is 0 Å². The zero-order valence-electron chi connectivity index (χ0n) is 14.7. The average molecular weight is 312 g/mol. The van der Waals surface area contributed by atoms with Gasteiger partial charge in [-0.1, -0.05) is 84.6 Å². The summed E-state index contributed by atoms with van der Waals surface area (Å²) in [7, 11) is 0. The number of terminal acetylenes is 1. The highest BCUT2D eigenvalue weighted by molar-refractivity contribution is 5.63. The third-order valence-electron chi connectivity index (χ3n) is 3.97. The lowest BCUT2D eigenvalue weighted by atomic mass is 10.0. The lowest BCUT2D eigenvalue weighted by molar-refractivity contribution is 1.14. The Balaban J connectivity index is 0.000000198. The maximum atomic E-state index is 5.15. The number of benzene rings is 3. The second kappa shape index (κ2) is 8.75. The first-order chi connectivity index (χ1) is 11.6. The summed E-state index contributed by atoms with van der Waals surface area (Å²) in [5.74, 6) is 2.55. The van der Waals surface area contributed by atoms with Crippen molar-refractivity contribution in [1.29, 1.82) is 0 Å². The van der Waals surface area contributed by atoms with Gasteiger partial charge in [-0.3, -0.25) is 0 Å². The van der Waals surface area contributed by atoms with Gasteiger partial charge in [0.15, 0.2) is 0 Å². The Kier molecular flexibility index (Phi) is 6.41. The molecule has 0 bridgehead atoms. The first kappa shape index (κ1) is 17.6. The topological polar surface area (TPSA) is 0 Å². The summed E-state index contributed by atoms with van der Waals surface area (Å²) in [6.07, 6.45) is 6.26. The van der Waals surface area contributed by atoms with Gasteiger partial charge in [0.25, 0.3) is 0 Å². The van der Waals surface area contributed by atoms with E-state index >= 15 is 0 Å². The molecule has 0 saturated carbocycles. The van der Waals surface area contributed by atoms with Crippen LogP contribution in [0.25, 0.3) is 11.1 Å². The fourth-order valence-corrected chi connectivity index (χ4v) is 2.33.